The van der Waals surface area contributed by atoms with Crippen LogP contribution in [0.1, 0.15) is 71.6 Å². The molecule has 7 atom stereocenters. The van der Waals surface area contributed by atoms with Gasteiger partial charge in [0.05, 0.1) is 5.60 Å². The van der Waals surface area contributed by atoms with Gasteiger partial charge in [-0.1, -0.05) is 13.8 Å². The molecule has 148 valence electrons. The molecule has 4 fully saturated rings. The molecule has 4 aliphatic carbocycles. The first-order chi connectivity index (χ1) is 12.8. The third-order valence-corrected chi connectivity index (χ3v) is 9.80. The van der Waals surface area contributed by atoms with Crippen LogP contribution in [-0.2, 0) is 14.3 Å². The average molecular weight is 373 g/mol. The Balaban J connectivity index is 1.48. The molecule has 7 unspecified atom stereocenters. The SMILES string of the molecule is CC12CCC(=O)CC1CCC1C2CCC2(C)C(C3=CC(=O)OC3)CCC12O. The molecule has 4 saturated carbocycles. The monoisotopic (exact) mass is 372 g/mol. The summed E-state index contributed by atoms with van der Waals surface area (Å²) >= 11 is 0. The van der Waals surface area contributed by atoms with E-state index in [2.05, 4.69) is 13.8 Å². The molecule has 0 aromatic carbocycles. The molecule has 0 saturated heterocycles. The highest BCUT2D eigenvalue weighted by Crippen LogP contribution is 2.69. The fourth-order valence-electron chi connectivity index (χ4n) is 8.20. The Kier molecular flexibility index (Phi) is 3.77. The number of hydrogen-bond acceptors (Lipinski definition) is 4. The molecule has 5 rings (SSSR count). The largest absolute Gasteiger partial charge is 0.458 e. The zero-order chi connectivity index (χ0) is 19.0. The molecule has 4 nitrogen and oxygen atoms in total. The molecule has 1 N–H and O–H groups in total. The minimum atomic E-state index is -0.650. The summed E-state index contributed by atoms with van der Waals surface area (Å²) in [6.07, 6.45) is 10.2. The Morgan fingerprint density at radius 3 is 2.59 bits per heavy atom. The van der Waals surface area contributed by atoms with E-state index in [1.165, 1.54) is 0 Å². The molecule has 4 heteroatoms. The molecule has 1 heterocycles. The second kappa shape index (κ2) is 5.68. The third-order valence-electron chi connectivity index (χ3n) is 9.80. The Labute approximate surface area is 161 Å². The molecule has 0 aromatic heterocycles. The number of ether oxygens (including phenoxy) is 1. The summed E-state index contributed by atoms with van der Waals surface area (Å²) in [5.41, 5.74) is 0.488. The molecule has 5 aliphatic rings. The molecular weight excluding hydrogens is 340 g/mol. The highest BCUT2D eigenvalue weighted by Gasteiger charge is 2.67. The lowest BCUT2D eigenvalue weighted by Crippen LogP contribution is -2.62. The maximum Gasteiger partial charge on any atom is 0.331 e. The van der Waals surface area contributed by atoms with Gasteiger partial charge in [-0.15, -0.1) is 0 Å². The van der Waals surface area contributed by atoms with Crippen LogP contribution in [0.25, 0.3) is 0 Å². The number of fused-ring (bicyclic) bond motifs is 5. The van der Waals surface area contributed by atoms with Gasteiger partial charge in [0.2, 0.25) is 0 Å². The van der Waals surface area contributed by atoms with E-state index in [0.717, 1.165) is 63.4 Å². The van der Waals surface area contributed by atoms with Gasteiger partial charge in [-0.05, 0) is 79.6 Å². The molecule has 0 amide bonds. The second-order valence-electron chi connectivity index (χ2n) is 10.5. The lowest BCUT2D eigenvalue weighted by Gasteiger charge is -2.63. The van der Waals surface area contributed by atoms with Crippen molar-refractivity contribution in [3.8, 4) is 0 Å². The number of esters is 1. The number of carbonyl (C=O) groups excluding carboxylic acids is 2. The van der Waals surface area contributed by atoms with Gasteiger partial charge >= 0.3 is 5.97 Å². The van der Waals surface area contributed by atoms with E-state index in [1.54, 1.807) is 6.08 Å². The first-order valence-corrected chi connectivity index (χ1v) is 10.9. The number of aliphatic hydroxyl groups is 1. The predicted molar refractivity (Wildman–Crippen MR) is 101 cm³/mol. The van der Waals surface area contributed by atoms with Crippen LogP contribution in [0, 0.1) is 34.5 Å². The third kappa shape index (κ3) is 2.25. The Morgan fingerprint density at radius 2 is 1.85 bits per heavy atom. The fraction of sp³-hybridized carbons (Fsp3) is 0.826. The summed E-state index contributed by atoms with van der Waals surface area (Å²) in [4.78, 5) is 23.7. The van der Waals surface area contributed by atoms with Gasteiger partial charge in [-0.25, -0.2) is 4.79 Å². The van der Waals surface area contributed by atoms with Crippen molar-refractivity contribution < 1.29 is 19.4 Å². The van der Waals surface area contributed by atoms with Crippen molar-refractivity contribution in [1.82, 2.24) is 0 Å². The summed E-state index contributed by atoms with van der Waals surface area (Å²) in [6, 6.07) is 0. The van der Waals surface area contributed by atoms with Crippen LogP contribution in [0.2, 0.25) is 0 Å². The maximum absolute atomic E-state index is 12.1. The quantitative estimate of drug-likeness (QED) is 0.711. The molecule has 0 radical (unpaired) electrons. The molecule has 0 spiro atoms. The highest BCUT2D eigenvalue weighted by molar-refractivity contribution is 5.85. The number of ketones is 1. The second-order valence-corrected chi connectivity index (χ2v) is 10.5. The van der Waals surface area contributed by atoms with Gasteiger partial charge in [-0.3, -0.25) is 4.79 Å². The van der Waals surface area contributed by atoms with Gasteiger partial charge in [0.25, 0.3) is 0 Å². The van der Waals surface area contributed by atoms with Crippen LogP contribution in [0.5, 0.6) is 0 Å². The van der Waals surface area contributed by atoms with Gasteiger partial charge in [-0.2, -0.15) is 0 Å². The molecule has 0 bridgehead atoms. The first kappa shape index (κ1) is 17.9. The number of hydrogen-bond donors (Lipinski definition) is 1. The number of cyclic esters (lactones) is 1. The van der Waals surface area contributed by atoms with Crippen LogP contribution in [0.15, 0.2) is 11.6 Å². The van der Waals surface area contributed by atoms with E-state index in [4.69, 9.17) is 4.74 Å². The van der Waals surface area contributed by atoms with Crippen molar-refractivity contribution >= 4 is 11.8 Å². The summed E-state index contributed by atoms with van der Waals surface area (Å²) in [6.45, 7) is 5.08. The number of rotatable bonds is 1. The standard InChI is InChI=1S/C23H32O4/c1-21-8-5-16(24)12-15(21)3-4-19-18(21)6-9-22(2)17(7-10-23(19,22)26)14-11-20(25)27-13-14/h11,15,17-19,26H,3-10,12-13H2,1-2H3. The van der Waals surface area contributed by atoms with E-state index in [1.807, 2.05) is 0 Å². The Hall–Kier alpha value is -1.16. The minimum absolute atomic E-state index is 0.165. The van der Waals surface area contributed by atoms with Crippen LogP contribution in [-0.4, -0.2) is 29.1 Å². The summed E-state index contributed by atoms with van der Waals surface area (Å²) < 4.78 is 5.19. The summed E-state index contributed by atoms with van der Waals surface area (Å²) in [5, 5.41) is 12.1. The minimum Gasteiger partial charge on any atom is -0.458 e. The van der Waals surface area contributed by atoms with Crippen LogP contribution >= 0.6 is 0 Å². The Morgan fingerprint density at radius 1 is 1.04 bits per heavy atom. The molecular formula is C23H32O4. The van der Waals surface area contributed by atoms with Gasteiger partial charge in [0.1, 0.15) is 12.4 Å². The summed E-state index contributed by atoms with van der Waals surface area (Å²) in [7, 11) is 0. The van der Waals surface area contributed by atoms with Gasteiger partial charge < -0.3 is 9.84 Å². The van der Waals surface area contributed by atoms with E-state index in [0.29, 0.717) is 30.1 Å². The zero-order valence-electron chi connectivity index (χ0n) is 16.6. The molecule has 0 aromatic rings. The lowest BCUT2D eigenvalue weighted by atomic mass is 9.43. The number of Topliss-reactive ketones (excluding diaryl/α,β-unsaturated/α-hetero) is 1. The van der Waals surface area contributed by atoms with Crippen LogP contribution < -0.4 is 0 Å². The smallest absolute Gasteiger partial charge is 0.331 e. The average Bonchev–Trinajstić information content (AvgIpc) is 3.16. The van der Waals surface area contributed by atoms with Crippen LogP contribution in [0.4, 0.5) is 0 Å². The van der Waals surface area contributed by atoms with E-state index >= 15 is 0 Å². The van der Waals surface area contributed by atoms with Crippen molar-refractivity contribution in [2.75, 3.05) is 6.61 Å². The van der Waals surface area contributed by atoms with E-state index in [-0.39, 0.29) is 22.7 Å². The highest BCUT2D eigenvalue weighted by atomic mass is 16.5. The van der Waals surface area contributed by atoms with Gasteiger partial charge in [0.15, 0.2) is 0 Å². The molecule has 1 aliphatic heterocycles. The van der Waals surface area contributed by atoms with Crippen molar-refractivity contribution in [3.63, 3.8) is 0 Å². The van der Waals surface area contributed by atoms with E-state index in [9.17, 15) is 14.7 Å². The topological polar surface area (TPSA) is 63.6 Å². The zero-order valence-corrected chi connectivity index (χ0v) is 16.6. The van der Waals surface area contributed by atoms with Crippen LogP contribution in [0.3, 0.4) is 0 Å². The molecule has 27 heavy (non-hydrogen) atoms. The van der Waals surface area contributed by atoms with Crippen molar-refractivity contribution in [3.05, 3.63) is 11.6 Å². The van der Waals surface area contributed by atoms with E-state index < -0.39 is 5.60 Å². The maximum atomic E-state index is 12.1. The lowest BCUT2D eigenvalue weighted by molar-refractivity contribution is -0.203. The first-order valence-electron chi connectivity index (χ1n) is 10.9. The number of carbonyl (C=O) groups is 2. The summed E-state index contributed by atoms with van der Waals surface area (Å²) in [5.74, 6) is 1.83. The normalized spacial score (nSPS) is 51.9. The van der Waals surface area contributed by atoms with Crippen molar-refractivity contribution in [2.45, 2.75) is 77.2 Å². The predicted octanol–water partition coefficient (Wildman–Crippen LogP) is 3.81. The Bertz CT molecular complexity index is 726. The van der Waals surface area contributed by atoms with Crippen molar-refractivity contribution in [1.29, 1.82) is 0 Å². The van der Waals surface area contributed by atoms with Crippen molar-refractivity contribution in [2.24, 2.45) is 34.5 Å². The fourth-order valence-corrected chi connectivity index (χ4v) is 8.20. The van der Waals surface area contributed by atoms with Gasteiger partial charge in [0, 0.05) is 24.3 Å².